The monoisotopic (exact) mass is 281 g/mol. The number of hydrogen-bond acceptors (Lipinski definition) is 3. The predicted octanol–water partition coefficient (Wildman–Crippen LogP) is 0.781. The zero-order valence-corrected chi connectivity index (χ0v) is 10.2. The molecule has 1 heterocycles. The van der Waals surface area contributed by atoms with Crippen LogP contribution in [0.1, 0.15) is 12.2 Å². The third kappa shape index (κ3) is 3.07. The van der Waals surface area contributed by atoms with Crippen LogP contribution >= 0.6 is 15.9 Å². The fourth-order valence-electron chi connectivity index (χ4n) is 0.886. The van der Waals surface area contributed by atoms with Crippen LogP contribution < -0.4 is 4.72 Å². The van der Waals surface area contributed by atoms with Crippen LogP contribution in [0.25, 0.3) is 0 Å². The van der Waals surface area contributed by atoms with Crippen molar-refractivity contribution in [2.24, 2.45) is 0 Å². The fraction of sp³-hybridized carbons (Fsp3) is 0.571. The average Bonchev–Trinajstić information content (AvgIpc) is 2.53. The molecule has 5 nitrogen and oxygen atoms in total. The Balaban J connectivity index is 2.66. The maximum Gasteiger partial charge on any atom is 0.257 e. The zero-order valence-electron chi connectivity index (χ0n) is 7.75. The van der Waals surface area contributed by atoms with Crippen LogP contribution in [-0.2, 0) is 10.0 Å². The Morgan fingerprint density at radius 2 is 2.36 bits per heavy atom. The van der Waals surface area contributed by atoms with Gasteiger partial charge >= 0.3 is 0 Å². The van der Waals surface area contributed by atoms with Crippen molar-refractivity contribution >= 4 is 26.0 Å². The van der Waals surface area contributed by atoms with Gasteiger partial charge in [-0.1, -0.05) is 15.9 Å². The second-order valence-electron chi connectivity index (χ2n) is 2.77. The molecule has 0 aliphatic rings. The van der Waals surface area contributed by atoms with Crippen LogP contribution in [0.4, 0.5) is 0 Å². The summed E-state index contributed by atoms with van der Waals surface area (Å²) in [5, 5.41) is 0.891. The number of nitrogens with one attached hydrogen (secondary N) is 2. The highest BCUT2D eigenvalue weighted by molar-refractivity contribution is 9.09. The molecule has 1 aromatic rings. The van der Waals surface area contributed by atoms with E-state index in [9.17, 15) is 8.42 Å². The Kier molecular flexibility index (Phi) is 4.09. The number of halogens is 1. The van der Waals surface area contributed by atoms with Crippen molar-refractivity contribution in [2.45, 2.75) is 18.4 Å². The standard InChI is InChI=1S/C7H12BrN3O2S/c1-6-9-5-7(11-6)14(12,13)10-4-2-3-8/h5,10H,2-4H2,1H3,(H,9,11). The lowest BCUT2D eigenvalue weighted by Gasteiger charge is -2.02. The second-order valence-corrected chi connectivity index (χ2v) is 5.30. The van der Waals surface area contributed by atoms with Gasteiger partial charge in [0, 0.05) is 11.9 Å². The van der Waals surface area contributed by atoms with Gasteiger partial charge in [0.15, 0.2) is 5.03 Å². The Bertz CT molecular complexity index is 387. The molecule has 1 rings (SSSR count). The van der Waals surface area contributed by atoms with Gasteiger partial charge in [0.25, 0.3) is 10.0 Å². The number of hydrogen-bond donors (Lipinski definition) is 2. The average molecular weight is 282 g/mol. The lowest BCUT2D eigenvalue weighted by atomic mass is 10.5. The van der Waals surface area contributed by atoms with Crippen molar-refractivity contribution in [3.8, 4) is 0 Å². The summed E-state index contributed by atoms with van der Waals surface area (Å²) in [6.45, 7) is 2.13. The second kappa shape index (κ2) is 4.90. The zero-order chi connectivity index (χ0) is 10.6. The molecule has 14 heavy (non-hydrogen) atoms. The number of H-pyrrole nitrogens is 1. The number of alkyl halides is 1. The van der Waals surface area contributed by atoms with E-state index in [0.29, 0.717) is 12.4 Å². The lowest BCUT2D eigenvalue weighted by molar-refractivity contribution is 0.578. The molecule has 0 aromatic carbocycles. The summed E-state index contributed by atoms with van der Waals surface area (Å²) in [4.78, 5) is 6.50. The molecule has 80 valence electrons. The SMILES string of the molecule is Cc1ncc(S(=O)(=O)NCCCBr)[nH]1. The Morgan fingerprint density at radius 1 is 1.64 bits per heavy atom. The molecule has 0 saturated carbocycles. The molecule has 0 unspecified atom stereocenters. The van der Waals surface area contributed by atoms with Gasteiger partial charge in [0.1, 0.15) is 5.82 Å². The highest BCUT2D eigenvalue weighted by atomic mass is 79.9. The van der Waals surface area contributed by atoms with E-state index in [1.807, 2.05) is 0 Å². The maximum atomic E-state index is 11.5. The number of aryl methyl sites for hydroxylation is 1. The van der Waals surface area contributed by atoms with Crippen LogP contribution in [-0.4, -0.2) is 30.3 Å². The van der Waals surface area contributed by atoms with Crippen LogP contribution in [0.5, 0.6) is 0 Å². The highest BCUT2D eigenvalue weighted by Gasteiger charge is 2.14. The van der Waals surface area contributed by atoms with Gasteiger partial charge in [-0.25, -0.2) is 18.1 Å². The molecular weight excluding hydrogens is 270 g/mol. The number of aromatic nitrogens is 2. The Hall–Kier alpha value is -0.400. The van der Waals surface area contributed by atoms with Crippen molar-refractivity contribution in [3.63, 3.8) is 0 Å². The number of nitrogens with zero attached hydrogens (tertiary/aromatic N) is 1. The van der Waals surface area contributed by atoms with Gasteiger partial charge in [-0.2, -0.15) is 0 Å². The summed E-state index contributed by atoms with van der Waals surface area (Å²) in [5.41, 5.74) is 0. The minimum atomic E-state index is -3.40. The molecule has 0 spiro atoms. The summed E-state index contributed by atoms with van der Waals surface area (Å²) >= 11 is 3.22. The molecule has 0 aliphatic carbocycles. The van der Waals surface area contributed by atoms with Gasteiger partial charge in [0.2, 0.25) is 0 Å². The molecule has 0 atom stereocenters. The van der Waals surface area contributed by atoms with Crippen molar-refractivity contribution in [2.75, 3.05) is 11.9 Å². The first-order valence-electron chi connectivity index (χ1n) is 4.13. The number of rotatable bonds is 5. The van der Waals surface area contributed by atoms with Crippen LogP contribution in [0.3, 0.4) is 0 Å². The minimum Gasteiger partial charge on any atom is -0.332 e. The van der Waals surface area contributed by atoms with E-state index in [4.69, 9.17) is 0 Å². The van der Waals surface area contributed by atoms with E-state index in [2.05, 4.69) is 30.6 Å². The van der Waals surface area contributed by atoms with E-state index in [0.717, 1.165) is 11.8 Å². The first-order chi connectivity index (χ1) is 6.56. The van der Waals surface area contributed by atoms with Crippen LogP contribution in [0, 0.1) is 6.92 Å². The first-order valence-corrected chi connectivity index (χ1v) is 6.74. The van der Waals surface area contributed by atoms with Crippen molar-refractivity contribution < 1.29 is 8.42 Å². The van der Waals surface area contributed by atoms with E-state index < -0.39 is 10.0 Å². The van der Waals surface area contributed by atoms with Crippen molar-refractivity contribution in [1.29, 1.82) is 0 Å². The Labute approximate surface area is 91.5 Å². The fourth-order valence-corrected chi connectivity index (χ4v) is 2.21. The van der Waals surface area contributed by atoms with Gasteiger partial charge in [-0.15, -0.1) is 0 Å². The normalized spacial score (nSPS) is 11.9. The van der Waals surface area contributed by atoms with Gasteiger partial charge in [-0.3, -0.25) is 0 Å². The minimum absolute atomic E-state index is 0.115. The van der Waals surface area contributed by atoms with Crippen LogP contribution in [0.15, 0.2) is 11.2 Å². The molecule has 2 N–H and O–H groups in total. The molecule has 0 radical (unpaired) electrons. The molecule has 0 amide bonds. The molecule has 0 fully saturated rings. The van der Waals surface area contributed by atoms with Crippen molar-refractivity contribution in [3.05, 3.63) is 12.0 Å². The maximum absolute atomic E-state index is 11.5. The molecule has 0 aliphatic heterocycles. The summed E-state index contributed by atoms with van der Waals surface area (Å²) in [6.07, 6.45) is 2.07. The molecule has 1 aromatic heterocycles. The van der Waals surface area contributed by atoms with E-state index in [1.165, 1.54) is 6.20 Å². The smallest absolute Gasteiger partial charge is 0.257 e. The lowest BCUT2D eigenvalue weighted by Crippen LogP contribution is -2.25. The Morgan fingerprint density at radius 3 is 2.86 bits per heavy atom. The quantitative estimate of drug-likeness (QED) is 0.619. The predicted molar refractivity (Wildman–Crippen MR) is 56.9 cm³/mol. The summed E-state index contributed by atoms with van der Waals surface area (Å²) in [6, 6.07) is 0. The third-order valence-electron chi connectivity index (χ3n) is 1.57. The summed E-state index contributed by atoms with van der Waals surface area (Å²) < 4.78 is 25.5. The summed E-state index contributed by atoms with van der Waals surface area (Å²) in [7, 11) is -3.40. The summed E-state index contributed by atoms with van der Waals surface area (Å²) in [5.74, 6) is 0.589. The van der Waals surface area contributed by atoms with E-state index in [-0.39, 0.29) is 5.03 Å². The largest absolute Gasteiger partial charge is 0.332 e. The molecule has 0 bridgehead atoms. The number of aromatic amines is 1. The topological polar surface area (TPSA) is 74.8 Å². The molecule has 0 saturated heterocycles. The third-order valence-corrected chi connectivity index (χ3v) is 3.50. The van der Waals surface area contributed by atoms with Gasteiger partial charge < -0.3 is 4.98 Å². The molecule has 7 heteroatoms. The number of imidazole rings is 1. The van der Waals surface area contributed by atoms with Gasteiger partial charge in [-0.05, 0) is 13.3 Å². The van der Waals surface area contributed by atoms with E-state index in [1.54, 1.807) is 6.92 Å². The van der Waals surface area contributed by atoms with E-state index >= 15 is 0 Å². The first kappa shape index (κ1) is 11.7. The number of sulfonamides is 1. The van der Waals surface area contributed by atoms with Crippen LogP contribution in [0.2, 0.25) is 0 Å². The molecular formula is C7H12BrN3O2S. The van der Waals surface area contributed by atoms with Crippen molar-refractivity contribution in [1.82, 2.24) is 14.7 Å². The van der Waals surface area contributed by atoms with Gasteiger partial charge in [0.05, 0.1) is 6.20 Å². The highest BCUT2D eigenvalue weighted by Crippen LogP contribution is 2.04.